The molecule has 0 aliphatic carbocycles. The van der Waals surface area contributed by atoms with Crippen molar-refractivity contribution >= 4 is 34.3 Å². The lowest BCUT2D eigenvalue weighted by molar-refractivity contribution is -0.145. The number of fused-ring (bicyclic) bond motifs is 4. The topological polar surface area (TPSA) is 39.5 Å². The van der Waals surface area contributed by atoms with Crippen LogP contribution >= 0.6 is 11.6 Å². The number of para-hydroxylation sites is 1. The van der Waals surface area contributed by atoms with Gasteiger partial charge < -0.3 is 18.9 Å². The number of hydrogen-bond donors (Lipinski definition) is 0. The van der Waals surface area contributed by atoms with Crippen LogP contribution in [0.2, 0.25) is 5.02 Å². The largest absolute Gasteiger partial charge is 0.429 e. The second kappa shape index (κ2) is 8.00. The Kier molecular flexibility index (Phi) is 5.28. The van der Waals surface area contributed by atoms with Crippen molar-refractivity contribution in [1.29, 1.82) is 0 Å². The summed E-state index contributed by atoms with van der Waals surface area (Å²) in [4.78, 5) is 7.11. The summed E-state index contributed by atoms with van der Waals surface area (Å²) in [6.45, 7) is 9.51. The standard InChI is InChI=1S/C25H27ClFN3O2/c1-4-16(5-2)17-12-13-18(26)21-22(17)30-15-8-7-14-29(24(30)28-21)19-10-9-11-20-23(19)32-25(27,6-3)31-20/h6,9-13,16H,3-5,7-8,14-15H2,1-2H3. The molecule has 2 aromatic carbocycles. The molecule has 0 spiro atoms. The number of benzene rings is 2. The van der Waals surface area contributed by atoms with Crippen molar-refractivity contribution in [2.75, 3.05) is 11.4 Å². The lowest BCUT2D eigenvalue weighted by Crippen LogP contribution is -2.30. The van der Waals surface area contributed by atoms with E-state index in [2.05, 4.69) is 36.0 Å². The van der Waals surface area contributed by atoms with Crippen LogP contribution < -0.4 is 14.4 Å². The first-order chi connectivity index (χ1) is 15.5. The SMILES string of the molecule is C=CC1(F)Oc2cccc(N3CCCCn4c3nc3c(Cl)ccc(C(CC)CC)c34)c2O1. The molecule has 0 N–H and O–H groups in total. The average molecular weight is 456 g/mol. The summed E-state index contributed by atoms with van der Waals surface area (Å²) < 4.78 is 28.0. The number of hydrogen-bond acceptors (Lipinski definition) is 4. The Bertz CT molecular complexity index is 1190. The molecule has 3 heterocycles. The van der Waals surface area contributed by atoms with Gasteiger partial charge in [0.05, 0.1) is 16.2 Å². The minimum Gasteiger partial charge on any atom is -0.419 e. The first-order valence-corrected chi connectivity index (χ1v) is 11.7. The Labute approximate surface area is 192 Å². The highest BCUT2D eigenvalue weighted by atomic mass is 35.5. The molecule has 3 aromatic rings. The van der Waals surface area contributed by atoms with Gasteiger partial charge in [0.15, 0.2) is 11.5 Å². The summed E-state index contributed by atoms with van der Waals surface area (Å²) in [5.41, 5.74) is 3.92. The van der Waals surface area contributed by atoms with E-state index in [1.807, 2.05) is 18.2 Å². The van der Waals surface area contributed by atoms with Crippen LogP contribution in [0.1, 0.15) is 51.0 Å². The van der Waals surface area contributed by atoms with E-state index in [-0.39, 0.29) is 0 Å². The lowest BCUT2D eigenvalue weighted by atomic mass is 9.93. The molecule has 0 saturated heterocycles. The van der Waals surface area contributed by atoms with Crippen molar-refractivity contribution < 1.29 is 13.9 Å². The number of rotatable bonds is 5. The molecule has 5 rings (SSSR count). The number of imidazole rings is 1. The van der Waals surface area contributed by atoms with E-state index in [1.54, 1.807) is 6.07 Å². The summed E-state index contributed by atoms with van der Waals surface area (Å²) >= 11 is 6.62. The molecule has 5 nitrogen and oxygen atoms in total. The summed E-state index contributed by atoms with van der Waals surface area (Å²) in [5.74, 6) is 1.95. The highest BCUT2D eigenvalue weighted by Gasteiger charge is 2.42. The zero-order chi connectivity index (χ0) is 22.5. The minimum atomic E-state index is -2.36. The van der Waals surface area contributed by atoms with E-state index in [0.717, 1.165) is 67.5 Å². The van der Waals surface area contributed by atoms with E-state index in [1.165, 1.54) is 5.56 Å². The zero-order valence-corrected chi connectivity index (χ0v) is 19.2. The Morgan fingerprint density at radius 2 is 1.97 bits per heavy atom. The van der Waals surface area contributed by atoms with Gasteiger partial charge in [-0.25, -0.2) is 4.98 Å². The first-order valence-electron chi connectivity index (χ1n) is 11.3. The van der Waals surface area contributed by atoms with E-state index < -0.39 is 6.04 Å². The molecule has 168 valence electrons. The number of nitrogens with zero attached hydrogens (tertiary/aromatic N) is 3. The monoisotopic (exact) mass is 455 g/mol. The van der Waals surface area contributed by atoms with Crippen LogP contribution in [0.25, 0.3) is 11.0 Å². The van der Waals surface area contributed by atoms with E-state index in [4.69, 9.17) is 26.1 Å². The fourth-order valence-electron chi connectivity index (χ4n) is 4.86. The summed E-state index contributed by atoms with van der Waals surface area (Å²) in [6, 6.07) is 7.18. The van der Waals surface area contributed by atoms with Gasteiger partial charge in [-0.2, -0.15) is 4.39 Å². The van der Waals surface area contributed by atoms with Gasteiger partial charge >= 0.3 is 6.04 Å². The second-order valence-corrected chi connectivity index (χ2v) is 8.77. The Balaban J connectivity index is 1.71. The maximum atomic E-state index is 14.8. The molecule has 2 aliphatic heterocycles. The minimum absolute atomic E-state index is 0.354. The van der Waals surface area contributed by atoms with Crippen LogP contribution in [0.4, 0.5) is 16.0 Å². The Morgan fingerprint density at radius 1 is 1.19 bits per heavy atom. The van der Waals surface area contributed by atoms with Crippen LogP contribution in [-0.4, -0.2) is 22.1 Å². The van der Waals surface area contributed by atoms with Crippen molar-refractivity contribution in [3.05, 3.63) is 53.6 Å². The highest BCUT2D eigenvalue weighted by molar-refractivity contribution is 6.35. The van der Waals surface area contributed by atoms with Crippen LogP contribution in [0, 0.1) is 0 Å². The molecule has 7 heteroatoms. The lowest BCUT2D eigenvalue weighted by Gasteiger charge is -2.24. The van der Waals surface area contributed by atoms with Crippen LogP contribution in [-0.2, 0) is 6.54 Å². The van der Waals surface area contributed by atoms with Gasteiger partial charge in [-0.1, -0.05) is 44.2 Å². The molecule has 2 aliphatic rings. The van der Waals surface area contributed by atoms with Crippen molar-refractivity contribution in [2.45, 2.75) is 58.0 Å². The number of aromatic nitrogens is 2. The van der Waals surface area contributed by atoms with Crippen LogP contribution in [0.3, 0.4) is 0 Å². The van der Waals surface area contributed by atoms with E-state index >= 15 is 0 Å². The van der Waals surface area contributed by atoms with E-state index in [0.29, 0.717) is 22.4 Å². The Hall–Kier alpha value is -2.73. The molecular formula is C25H27ClFN3O2. The normalized spacial score (nSPS) is 20.0. The number of aryl methyl sites for hydroxylation is 1. The molecule has 32 heavy (non-hydrogen) atoms. The van der Waals surface area contributed by atoms with Crippen molar-refractivity contribution in [3.63, 3.8) is 0 Å². The number of anilines is 2. The molecule has 0 saturated carbocycles. The number of halogens is 2. The predicted octanol–water partition coefficient (Wildman–Crippen LogP) is 7.11. The van der Waals surface area contributed by atoms with Gasteiger partial charge in [-0.3, -0.25) is 0 Å². The summed E-state index contributed by atoms with van der Waals surface area (Å²) in [7, 11) is 0. The number of alkyl halides is 1. The quantitative estimate of drug-likeness (QED) is 0.384. The molecule has 0 bridgehead atoms. The smallest absolute Gasteiger partial charge is 0.419 e. The van der Waals surface area contributed by atoms with Crippen LogP contribution in [0.15, 0.2) is 43.0 Å². The molecular weight excluding hydrogens is 429 g/mol. The third-order valence-electron chi connectivity index (χ3n) is 6.52. The fourth-order valence-corrected chi connectivity index (χ4v) is 5.05. The fraction of sp³-hybridized carbons (Fsp3) is 0.400. The van der Waals surface area contributed by atoms with Crippen LogP contribution in [0.5, 0.6) is 11.5 Å². The highest BCUT2D eigenvalue weighted by Crippen LogP contribution is 2.49. The first kappa shape index (κ1) is 21.1. The summed E-state index contributed by atoms with van der Waals surface area (Å²) in [6.07, 6.45) is 5.11. The van der Waals surface area contributed by atoms with Gasteiger partial charge in [0, 0.05) is 19.2 Å². The maximum absolute atomic E-state index is 14.8. The van der Waals surface area contributed by atoms with Crippen molar-refractivity contribution in [3.8, 4) is 11.5 Å². The second-order valence-electron chi connectivity index (χ2n) is 8.36. The molecule has 1 aromatic heterocycles. The number of ether oxygens (including phenoxy) is 2. The molecule has 0 amide bonds. The maximum Gasteiger partial charge on any atom is 0.429 e. The molecule has 0 radical (unpaired) electrons. The van der Waals surface area contributed by atoms with Gasteiger partial charge in [0.2, 0.25) is 5.95 Å². The van der Waals surface area contributed by atoms with Gasteiger partial charge in [0.1, 0.15) is 5.52 Å². The average Bonchev–Trinajstić information content (AvgIpc) is 3.28. The van der Waals surface area contributed by atoms with Gasteiger partial charge in [0.25, 0.3) is 0 Å². The third-order valence-corrected chi connectivity index (χ3v) is 6.82. The molecule has 0 fully saturated rings. The van der Waals surface area contributed by atoms with E-state index in [9.17, 15) is 4.39 Å². The predicted molar refractivity (Wildman–Crippen MR) is 126 cm³/mol. The Morgan fingerprint density at radius 3 is 2.72 bits per heavy atom. The molecule has 1 unspecified atom stereocenters. The van der Waals surface area contributed by atoms with Gasteiger partial charge in [-0.15, -0.1) is 0 Å². The molecule has 1 atom stereocenters. The zero-order valence-electron chi connectivity index (χ0n) is 18.4. The third kappa shape index (κ3) is 3.24. The van der Waals surface area contributed by atoms with Crippen molar-refractivity contribution in [1.82, 2.24) is 9.55 Å². The van der Waals surface area contributed by atoms with Crippen molar-refractivity contribution in [2.24, 2.45) is 0 Å². The summed E-state index contributed by atoms with van der Waals surface area (Å²) in [5, 5.41) is 0.641. The van der Waals surface area contributed by atoms with Gasteiger partial charge in [-0.05, 0) is 55.4 Å².